The molecule has 0 aliphatic carbocycles. The summed E-state index contributed by atoms with van der Waals surface area (Å²) in [5.41, 5.74) is 2.11. The molecule has 1 aromatic rings. The maximum absolute atomic E-state index is 11.6. The number of carbonyl (C=O) groups excluding carboxylic acids is 1. The minimum Gasteiger partial charge on any atom is -0.410 e. The molecular weight excluding hydrogens is 226 g/mol. The second-order valence-electron chi connectivity index (χ2n) is 4.89. The van der Waals surface area contributed by atoms with Gasteiger partial charge < -0.3 is 10.1 Å². The molecule has 1 rings (SSSR count). The summed E-state index contributed by atoms with van der Waals surface area (Å²) in [5, 5.41) is 2.55. The molecule has 0 fully saturated rings. The summed E-state index contributed by atoms with van der Waals surface area (Å²) in [6, 6.07) is 6.02. The molecule has 0 aromatic heterocycles. The van der Waals surface area contributed by atoms with Crippen LogP contribution in [0.1, 0.15) is 50.7 Å². The molecule has 0 aliphatic rings. The zero-order valence-electron chi connectivity index (χ0n) is 11.6. The Balaban J connectivity index is 3.14. The van der Waals surface area contributed by atoms with Gasteiger partial charge in [-0.15, -0.1) is 0 Å². The van der Waals surface area contributed by atoms with Crippen LogP contribution in [-0.2, 0) is 0 Å². The molecule has 1 radical (unpaired) electrons. The fraction of sp³-hybridized carbons (Fsp3) is 0.467. The first kappa shape index (κ1) is 14.6. The third-order valence-corrected chi connectivity index (χ3v) is 2.78. The van der Waals surface area contributed by atoms with Gasteiger partial charge in [-0.1, -0.05) is 45.9 Å². The molecule has 0 heterocycles. The molecule has 0 saturated heterocycles. The van der Waals surface area contributed by atoms with Gasteiger partial charge >= 0.3 is 6.09 Å². The molecule has 3 heteroatoms. The molecule has 1 N–H and O–H groups in total. The van der Waals surface area contributed by atoms with Crippen LogP contribution in [0.3, 0.4) is 0 Å². The third kappa shape index (κ3) is 3.49. The molecule has 0 unspecified atom stereocenters. The van der Waals surface area contributed by atoms with Crippen molar-refractivity contribution < 1.29 is 9.53 Å². The van der Waals surface area contributed by atoms with Crippen LogP contribution in [0.4, 0.5) is 4.79 Å². The van der Waals surface area contributed by atoms with E-state index in [1.807, 2.05) is 18.2 Å². The van der Waals surface area contributed by atoms with E-state index >= 15 is 0 Å². The van der Waals surface area contributed by atoms with Crippen LogP contribution in [0.5, 0.6) is 5.75 Å². The molecule has 99 valence electrons. The Hall–Kier alpha value is -1.51. The van der Waals surface area contributed by atoms with E-state index in [1.54, 1.807) is 0 Å². The average molecular weight is 248 g/mol. The van der Waals surface area contributed by atoms with Crippen molar-refractivity contribution in [1.29, 1.82) is 0 Å². The lowest BCUT2D eigenvalue weighted by Gasteiger charge is -2.18. The summed E-state index contributed by atoms with van der Waals surface area (Å²) in [6.45, 7) is 12.2. The van der Waals surface area contributed by atoms with E-state index in [4.69, 9.17) is 4.74 Å². The van der Waals surface area contributed by atoms with Crippen LogP contribution >= 0.6 is 0 Å². The number of carbonyl (C=O) groups is 1. The highest BCUT2D eigenvalue weighted by Gasteiger charge is 2.17. The maximum Gasteiger partial charge on any atom is 0.412 e. The van der Waals surface area contributed by atoms with E-state index in [-0.39, 0.29) is 0 Å². The second kappa shape index (κ2) is 6.43. The van der Waals surface area contributed by atoms with Gasteiger partial charge in [-0.05, 0) is 29.9 Å². The Bertz CT molecular complexity index is 385. The van der Waals surface area contributed by atoms with Gasteiger partial charge in [0, 0.05) is 6.54 Å². The largest absolute Gasteiger partial charge is 0.412 e. The lowest BCUT2D eigenvalue weighted by molar-refractivity contribution is 0.200. The van der Waals surface area contributed by atoms with Crippen LogP contribution in [0.15, 0.2) is 18.2 Å². The van der Waals surface area contributed by atoms with Gasteiger partial charge in [0.05, 0.1) is 0 Å². The van der Waals surface area contributed by atoms with Gasteiger partial charge in [0.1, 0.15) is 5.75 Å². The topological polar surface area (TPSA) is 38.3 Å². The minimum atomic E-state index is -0.444. The fourth-order valence-electron chi connectivity index (χ4n) is 1.83. The smallest absolute Gasteiger partial charge is 0.410 e. The number of benzene rings is 1. The Kier molecular flexibility index (Phi) is 5.20. The van der Waals surface area contributed by atoms with Gasteiger partial charge in [-0.3, -0.25) is 0 Å². The molecular formula is C15H22NO2. The van der Waals surface area contributed by atoms with Gasteiger partial charge in [-0.2, -0.15) is 0 Å². The molecule has 0 aliphatic heterocycles. The van der Waals surface area contributed by atoms with Crippen LogP contribution in [0, 0.1) is 6.92 Å². The Labute approximate surface area is 110 Å². The van der Waals surface area contributed by atoms with E-state index in [0.29, 0.717) is 24.1 Å². The summed E-state index contributed by atoms with van der Waals surface area (Å²) >= 11 is 0. The van der Waals surface area contributed by atoms with Crippen LogP contribution in [-0.4, -0.2) is 12.6 Å². The van der Waals surface area contributed by atoms with Gasteiger partial charge in [-0.25, -0.2) is 4.79 Å². The summed E-state index contributed by atoms with van der Waals surface area (Å²) < 4.78 is 5.45. The van der Waals surface area contributed by atoms with Crippen molar-refractivity contribution in [1.82, 2.24) is 5.32 Å². The Morgan fingerprint density at radius 2 is 1.72 bits per heavy atom. The first-order valence-corrected chi connectivity index (χ1v) is 6.35. The van der Waals surface area contributed by atoms with Crippen molar-refractivity contribution in [2.45, 2.75) is 39.5 Å². The monoisotopic (exact) mass is 248 g/mol. The molecule has 0 bridgehead atoms. The van der Waals surface area contributed by atoms with Crippen molar-refractivity contribution in [3.63, 3.8) is 0 Å². The van der Waals surface area contributed by atoms with E-state index in [9.17, 15) is 4.79 Å². The first-order chi connectivity index (χ1) is 8.47. The summed E-state index contributed by atoms with van der Waals surface area (Å²) in [7, 11) is 0. The highest BCUT2D eigenvalue weighted by Crippen LogP contribution is 2.34. The third-order valence-electron chi connectivity index (χ3n) is 2.78. The highest BCUT2D eigenvalue weighted by molar-refractivity contribution is 5.71. The first-order valence-electron chi connectivity index (χ1n) is 6.35. The minimum absolute atomic E-state index is 0.311. The molecule has 18 heavy (non-hydrogen) atoms. The number of para-hydroxylation sites is 1. The van der Waals surface area contributed by atoms with Crippen molar-refractivity contribution in [2.75, 3.05) is 6.54 Å². The van der Waals surface area contributed by atoms with Crippen molar-refractivity contribution in [3.05, 3.63) is 36.2 Å². The van der Waals surface area contributed by atoms with E-state index < -0.39 is 6.09 Å². The number of hydrogen-bond acceptors (Lipinski definition) is 2. The summed E-state index contributed by atoms with van der Waals surface area (Å²) in [5.74, 6) is 1.31. The zero-order chi connectivity index (χ0) is 13.7. The predicted molar refractivity (Wildman–Crippen MR) is 74.0 cm³/mol. The van der Waals surface area contributed by atoms with Crippen LogP contribution in [0.2, 0.25) is 0 Å². The van der Waals surface area contributed by atoms with E-state index in [2.05, 4.69) is 39.9 Å². The molecule has 1 amide bonds. The number of amides is 1. The van der Waals surface area contributed by atoms with Crippen LogP contribution < -0.4 is 10.1 Å². The number of rotatable bonds is 4. The Morgan fingerprint density at radius 3 is 2.11 bits per heavy atom. The lowest BCUT2D eigenvalue weighted by atomic mass is 9.94. The van der Waals surface area contributed by atoms with Crippen molar-refractivity contribution in [3.8, 4) is 5.75 Å². The predicted octanol–water partition coefficient (Wildman–Crippen LogP) is 3.86. The van der Waals surface area contributed by atoms with E-state index in [1.165, 1.54) is 0 Å². The normalized spacial score (nSPS) is 10.8. The van der Waals surface area contributed by atoms with Crippen molar-refractivity contribution >= 4 is 6.09 Å². The van der Waals surface area contributed by atoms with E-state index in [0.717, 1.165) is 11.1 Å². The fourth-order valence-corrected chi connectivity index (χ4v) is 1.83. The summed E-state index contributed by atoms with van der Waals surface area (Å²) in [4.78, 5) is 11.6. The SMILES string of the molecule is [CH2]CNC(=O)Oc1c(C(C)C)cccc1C(C)C. The molecule has 0 atom stereocenters. The van der Waals surface area contributed by atoms with Crippen LogP contribution in [0.25, 0.3) is 0 Å². The molecule has 1 aromatic carbocycles. The Morgan fingerprint density at radius 1 is 1.22 bits per heavy atom. The van der Waals surface area contributed by atoms with Gasteiger partial charge in [0.2, 0.25) is 0 Å². The lowest BCUT2D eigenvalue weighted by Crippen LogP contribution is -2.27. The second-order valence-corrected chi connectivity index (χ2v) is 4.89. The summed E-state index contributed by atoms with van der Waals surface area (Å²) in [6.07, 6.45) is -0.444. The average Bonchev–Trinajstić information content (AvgIpc) is 2.28. The van der Waals surface area contributed by atoms with Gasteiger partial charge in [0.25, 0.3) is 0 Å². The molecule has 0 saturated carbocycles. The maximum atomic E-state index is 11.6. The quantitative estimate of drug-likeness (QED) is 0.878. The number of hydrogen-bond donors (Lipinski definition) is 1. The highest BCUT2D eigenvalue weighted by atomic mass is 16.6. The zero-order valence-corrected chi connectivity index (χ0v) is 11.6. The number of nitrogens with one attached hydrogen (secondary N) is 1. The van der Waals surface area contributed by atoms with Gasteiger partial charge in [0.15, 0.2) is 0 Å². The molecule has 0 spiro atoms. The van der Waals surface area contributed by atoms with Crippen molar-refractivity contribution in [2.24, 2.45) is 0 Å². The standard InChI is InChI=1S/C15H22NO2/c1-6-16-15(17)18-14-12(10(2)3)8-7-9-13(14)11(4)5/h7-11H,1,6H2,2-5H3,(H,16,17). The molecule has 3 nitrogen and oxygen atoms in total. The number of ether oxygens (including phenoxy) is 1.